The van der Waals surface area contributed by atoms with Crippen LogP contribution in [0.5, 0.6) is 0 Å². The predicted octanol–water partition coefficient (Wildman–Crippen LogP) is 1.38. The lowest BCUT2D eigenvalue weighted by molar-refractivity contribution is 0.0217. The number of sulfone groups is 1. The van der Waals surface area contributed by atoms with Gasteiger partial charge >= 0.3 is 0 Å². The number of unbranched alkanes of at least 4 members (excludes halogenated alkanes) is 9. The van der Waals surface area contributed by atoms with Gasteiger partial charge in [-0.3, -0.25) is 0 Å². The van der Waals surface area contributed by atoms with Crippen molar-refractivity contribution in [1.29, 1.82) is 0 Å². The molecular weight excluding hydrogens is 342 g/mol. The zero-order valence-corrected chi connectivity index (χ0v) is 16.4. The highest BCUT2D eigenvalue weighted by molar-refractivity contribution is 7.91. The molecular formula is C18H37NO5S. The molecule has 1 rings (SSSR count). The van der Waals surface area contributed by atoms with Crippen LogP contribution in [0, 0.1) is 0 Å². The number of nitrogens with one attached hydrogen (secondary N) is 1. The summed E-state index contributed by atoms with van der Waals surface area (Å²) in [7, 11) is -3.28. The summed E-state index contributed by atoms with van der Waals surface area (Å²) >= 11 is 0. The van der Waals surface area contributed by atoms with E-state index >= 15 is 0 Å². The number of aliphatic hydroxyl groups is 3. The first-order valence-electron chi connectivity index (χ1n) is 9.84. The largest absolute Gasteiger partial charge is 0.395 e. The van der Waals surface area contributed by atoms with E-state index in [9.17, 15) is 18.6 Å². The molecule has 0 aromatic heterocycles. The van der Waals surface area contributed by atoms with Gasteiger partial charge in [0.1, 0.15) is 0 Å². The Kier molecular flexibility index (Phi) is 11.2. The third-order valence-corrected chi connectivity index (χ3v) is 6.82. The van der Waals surface area contributed by atoms with Crippen molar-refractivity contribution in [2.45, 2.75) is 95.4 Å². The normalized spacial score (nSPS) is 27.0. The third-order valence-electron chi connectivity index (χ3n) is 5.04. The Balaban J connectivity index is 2.12. The van der Waals surface area contributed by atoms with Crippen molar-refractivity contribution in [3.05, 3.63) is 0 Å². The van der Waals surface area contributed by atoms with Crippen molar-refractivity contribution in [3.8, 4) is 0 Å². The second kappa shape index (κ2) is 12.2. The van der Waals surface area contributed by atoms with Gasteiger partial charge in [-0.25, -0.2) is 8.42 Å². The fourth-order valence-electron chi connectivity index (χ4n) is 3.42. The predicted molar refractivity (Wildman–Crippen MR) is 100 cm³/mol. The van der Waals surface area contributed by atoms with Gasteiger partial charge < -0.3 is 20.6 Å². The van der Waals surface area contributed by atoms with Crippen LogP contribution in [0.1, 0.15) is 71.1 Å². The molecule has 0 bridgehead atoms. The first-order chi connectivity index (χ1) is 11.9. The van der Waals surface area contributed by atoms with Crippen molar-refractivity contribution < 1.29 is 23.7 Å². The molecule has 0 amide bonds. The Morgan fingerprint density at radius 3 is 1.76 bits per heavy atom. The SMILES string of the molecule is CCCCCCCCCCCCS(=O)(=O)CC1NC(CO)C(O)C1O. The monoisotopic (exact) mass is 379 g/mol. The molecule has 4 atom stereocenters. The highest BCUT2D eigenvalue weighted by Gasteiger charge is 2.42. The van der Waals surface area contributed by atoms with E-state index in [0.717, 1.165) is 12.8 Å². The summed E-state index contributed by atoms with van der Waals surface area (Å²) in [6.07, 6.45) is 9.23. The fraction of sp³-hybridized carbons (Fsp3) is 1.00. The molecule has 150 valence electrons. The maximum atomic E-state index is 12.2. The van der Waals surface area contributed by atoms with E-state index in [-0.39, 0.29) is 18.1 Å². The summed E-state index contributed by atoms with van der Waals surface area (Å²) in [5.41, 5.74) is 0. The molecule has 0 radical (unpaired) electrons. The summed E-state index contributed by atoms with van der Waals surface area (Å²) in [5.74, 6) is -0.0760. The van der Waals surface area contributed by atoms with Gasteiger partial charge in [0.05, 0.1) is 36.4 Å². The number of hydrogen-bond donors (Lipinski definition) is 4. The molecule has 0 spiro atoms. The second-order valence-corrected chi connectivity index (χ2v) is 9.57. The molecule has 0 aromatic carbocycles. The fourth-order valence-corrected chi connectivity index (χ4v) is 5.07. The minimum absolute atomic E-state index is 0.119. The number of aliphatic hydroxyl groups excluding tert-OH is 3. The zero-order chi connectivity index (χ0) is 18.7. The molecule has 25 heavy (non-hydrogen) atoms. The maximum Gasteiger partial charge on any atom is 0.151 e. The average molecular weight is 380 g/mol. The maximum absolute atomic E-state index is 12.2. The molecule has 4 N–H and O–H groups in total. The Morgan fingerprint density at radius 2 is 1.28 bits per heavy atom. The van der Waals surface area contributed by atoms with Crippen molar-refractivity contribution in [2.75, 3.05) is 18.1 Å². The van der Waals surface area contributed by atoms with Gasteiger partial charge in [0.15, 0.2) is 9.84 Å². The zero-order valence-electron chi connectivity index (χ0n) is 15.6. The van der Waals surface area contributed by atoms with Gasteiger partial charge in [-0.05, 0) is 6.42 Å². The van der Waals surface area contributed by atoms with E-state index in [0.29, 0.717) is 6.42 Å². The van der Waals surface area contributed by atoms with Crippen molar-refractivity contribution in [3.63, 3.8) is 0 Å². The van der Waals surface area contributed by atoms with Crippen LogP contribution in [0.2, 0.25) is 0 Å². The van der Waals surface area contributed by atoms with Crippen molar-refractivity contribution >= 4 is 9.84 Å². The van der Waals surface area contributed by atoms with Crippen LogP contribution in [0.15, 0.2) is 0 Å². The van der Waals surface area contributed by atoms with Crippen LogP contribution in [0.4, 0.5) is 0 Å². The molecule has 0 aliphatic carbocycles. The third kappa shape index (κ3) is 8.82. The average Bonchev–Trinajstić information content (AvgIpc) is 2.84. The lowest BCUT2D eigenvalue weighted by Crippen LogP contribution is -2.40. The molecule has 1 heterocycles. The van der Waals surface area contributed by atoms with Crippen LogP contribution < -0.4 is 5.32 Å². The highest BCUT2D eigenvalue weighted by atomic mass is 32.2. The van der Waals surface area contributed by atoms with Crippen LogP contribution in [-0.4, -0.2) is 66.1 Å². The Morgan fingerprint density at radius 1 is 0.800 bits per heavy atom. The molecule has 1 aliphatic heterocycles. The summed E-state index contributed by atoms with van der Waals surface area (Å²) in [6.45, 7) is 1.89. The van der Waals surface area contributed by atoms with Crippen LogP contribution in [0.3, 0.4) is 0 Å². The minimum Gasteiger partial charge on any atom is -0.395 e. The van der Waals surface area contributed by atoms with E-state index in [4.69, 9.17) is 5.11 Å². The van der Waals surface area contributed by atoms with Gasteiger partial charge in [0.2, 0.25) is 0 Å². The molecule has 7 heteroatoms. The Hall–Kier alpha value is -0.210. The lowest BCUT2D eigenvalue weighted by Gasteiger charge is -2.15. The van der Waals surface area contributed by atoms with E-state index < -0.39 is 34.1 Å². The van der Waals surface area contributed by atoms with Crippen molar-refractivity contribution in [1.82, 2.24) is 5.32 Å². The van der Waals surface area contributed by atoms with E-state index in [1.54, 1.807) is 0 Å². The molecule has 0 saturated carbocycles. The minimum atomic E-state index is -3.28. The molecule has 6 nitrogen and oxygen atoms in total. The Labute approximate surface area is 152 Å². The van der Waals surface area contributed by atoms with Crippen LogP contribution in [-0.2, 0) is 9.84 Å². The van der Waals surface area contributed by atoms with Gasteiger partial charge in [0, 0.05) is 6.04 Å². The number of rotatable bonds is 14. The first-order valence-corrected chi connectivity index (χ1v) is 11.7. The van der Waals surface area contributed by atoms with E-state index in [1.807, 2.05) is 0 Å². The lowest BCUT2D eigenvalue weighted by atomic mass is 10.1. The molecule has 1 aliphatic rings. The smallest absolute Gasteiger partial charge is 0.151 e. The summed E-state index contributed by atoms with van der Waals surface area (Å²) in [5, 5.41) is 31.5. The second-order valence-electron chi connectivity index (χ2n) is 7.34. The van der Waals surface area contributed by atoms with Gasteiger partial charge in [0.25, 0.3) is 0 Å². The standard InChI is InChI=1S/C18H37NO5S/c1-2-3-4-5-6-7-8-9-10-11-12-25(23,24)14-16-18(22)17(21)15(13-20)19-16/h15-22H,2-14H2,1H3. The molecule has 4 unspecified atom stereocenters. The first kappa shape index (κ1) is 22.8. The molecule has 1 fully saturated rings. The van der Waals surface area contributed by atoms with Crippen LogP contribution in [0.25, 0.3) is 0 Å². The molecule has 0 aromatic rings. The molecule has 1 saturated heterocycles. The van der Waals surface area contributed by atoms with E-state index in [2.05, 4.69) is 12.2 Å². The van der Waals surface area contributed by atoms with Gasteiger partial charge in [-0.2, -0.15) is 0 Å². The van der Waals surface area contributed by atoms with Gasteiger partial charge in [-0.15, -0.1) is 0 Å². The van der Waals surface area contributed by atoms with Crippen molar-refractivity contribution in [2.24, 2.45) is 0 Å². The topological polar surface area (TPSA) is 107 Å². The summed E-state index contributed by atoms with van der Waals surface area (Å²) in [6, 6.07) is -1.37. The Bertz CT molecular complexity index is 443. The number of hydrogen-bond acceptors (Lipinski definition) is 6. The summed E-state index contributed by atoms with van der Waals surface area (Å²) in [4.78, 5) is 0. The van der Waals surface area contributed by atoms with E-state index in [1.165, 1.54) is 44.9 Å². The highest BCUT2D eigenvalue weighted by Crippen LogP contribution is 2.17. The van der Waals surface area contributed by atoms with Gasteiger partial charge in [-0.1, -0.05) is 64.7 Å². The summed E-state index contributed by atoms with van der Waals surface area (Å²) < 4.78 is 24.3. The quantitative estimate of drug-likeness (QED) is 0.340. The van der Waals surface area contributed by atoms with Crippen LogP contribution >= 0.6 is 0 Å².